The first-order valence-corrected chi connectivity index (χ1v) is 8.21. The van der Waals surface area contributed by atoms with Crippen molar-refractivity contribution in [2.75, 3.05) is 32.5 Å². The van der Waals surface area contributed by atoms with E-state index in [2.05, 4.69) is 10.6 Å². The molecule has 0 heterocycles. The Labute approximate surface area is 147 Å². The van der Waals surface area contributed by atoms with Gasteiger partial charge in [0.25, 0.3) is 5.91 Å². The van der Waals surface area contributed by atoms with Crippen LogP contribution >= 0.6 is 0 Å². The quantitative estimate of drug-likeness (QED) is 0.690. The topological polar surface area (TPSA) is 98.7 Å². The van der Waals surface area contributed by atoms with Gasteiger partial charge in [0, 0.05) is 24.3 Å². The Morgan fingerprint density at radius 1 is 1.12 bits per heavy atom. The van der Waals surface area contributed by atoms with E-state index in [1.165, 1.54) is 0 Å². The van der Waals surface area contributed by atoms with E-state index in [1.807, 2.05) is 19.0 Å². The molecule has 1 aromatic carbocycles. The van der Waals surface area contributed by atoms with Crippen LogP contribution in [0.2, 0.25) is 0 Å². The van der Waals surface area contributed by atoms with Crippen LogP contribution in [0.25, 0.3) is 0 Å². The molecule has 7 heteroatoms. The Kier molecular flexibility index (Phi) is 5.47. The van der Waals surface area contributed by atoms with Gasteiger partial charge >= 0.3 is 5.97 Å². The van der Waals surface area contributed by atoms with Crippen LogP contribution in [-0.2, 0) is 9.59 Å². The highest BCUT2D eigenvalue weighted by Crippen LogP contribution is 2.58. The van der Waals surface area contributed by atoms with Gasteiger partial charge in [0.2, 0.25) is 5.91 Å². The summed E-state index contributed by atoms with van der Waals surface area (Å²) in [4.78, 5) is 37.4. The second-order valence-electron chi connectivity index (χ2n) is 7.24. The van der Waals surface area contributed by atoms with Gasteiger partial charge in [-0.3, -0.25) is 14.4 Å². The molecule has 25 heavy (non-hydrogen) atoms. The molecule has 1 aliphatic rings. The monoisotopic (exact) mass is 347 g/mol. The maximum absolute atomic E-state index is 12.3. The highest BCUT2D eigenvalue weighted by atomic mass is 16.4. The summed E-state index contributed by atoms with van der Waals surface area (Å²) in [6, 6.07) is 6.55. The summed E-state index contributed by atoms with van der Waals surface area (Å²) in [5, 5.41) is 14.7. The highest BCUT2D eigenvalue weighted by molar-refractivity contribution is 6.00. The first-order chi connectivity index (χ1) is 11.6. The summed E-state index contributed by atoms with van der Waals surface area (Å²) in [7, 11) is 3.86. The largest absolute Gasteiger partial charge is 0.481 e. The lowest BCUT2D eigenvalue weighted by Gasteiger charge is -2.11. The molecule has 0 spiro atoms. The van der Waals surface area contributed by atoms with Crippen LogP contribution in [0.4, 0.5) is 5.69 Å². The van der Waals surface area contributed by atoms with Crippen molar-refractivity contribution in [1.82, 2.24) is 10.2 Å². The minimum absolute atomic E-state index is 0.172. The lowest BCUT2D eigenvalue weighted by Crippen LogP contribution is -2.31. The van der Waals surface area contributed by atoms with Crippen LogP contribution in [0.1, 0.15) is 24.2 Å². The molecule has 1 aliphatic carbocycles. The minimum Gasteiger partial charge on any atom is -0.481 e. The number of anilines is 1. The number of benzene rings is 1. The molecular weight excluding hydrogens is 322 g/mol. The van der Waals surface area contributed by atoms with E-state index in [0.29, 0.717) is 17.8 Å². The zero-order valence-electron chi connectivity index (χ0n) is 15.0. The van der Waals surface area contributed by atoms with E-state index >= 15 is 0 Å². The normalized spacial score (nSPS) is 20.8. The molecule has 7 nitrogen and oxygen atoms in total. The van der Waals surface area contributed by atoms with Crippen molar-refractivity contribution in [2.45, 2.75) is 13.8 Å². The van der Waals surface area contributed by atoms with Crippen molar-refractivity contribution >= 4 is 23.5 Å². The maximum Gasteiger partial charge on any atom is 0.307 e. The first kappa shape index (κ1) is 18.9. The van der Waals surface area contributed by atoms with Crippen molar-refractivity contribution in [3.05, 3.63) is 29.8 Å². The zero-order valence-corrected chi connectivity index (χ0v) is 15.0. The molecule has 2 unspecified atom stereocenters. The Bertz CT molecular complexity index is 667. The molecule has 2 amide bonds. The van der Waals surface area contributed by atoms with Gasteiger partial charge in [0.1, 0.15) is 0 Å². The molecule has 2 atom stereocenters. The van der Waals surface area contributed by atoms with Crippen LogP contribution in [0.3, 0.4) is 0 Å². The molecule has 136 valence electrons. The van der Waals surface area contributed by atoms with E-state index in [4.69, 9.17) is 5.11 Å². The van der Waals surface area contributed by atoms with Crippen molar-refractivity contribution in [3.8, 4) is 0 Å². The van der Waals surface area contributed by atoms with Crippen LogP contribution in [-0.4, -0.2) is 55.0 Å². The molecular formula is C18H25N3O4. The summed E-state index contributed by atoms with van der Waals surface area (Å²) in [6.45, 7) is 4.86. The number of nitrogens with zero attached hydrogens (tertiary/aromatic N) is 1. The molecule has 2 rings (SSSR count). The number of rotatable bonds is 7. The number of carbonyl (C=O) groups is 3. The fraction of sp³-hybridized carbons (Fsp3) is 0.500. The van der Waals surface area contributed by atoms with Crippen LogP contribution in [0, 0.1) is 17.3 Å². The number of amides is 2. The molecule has 1 aromatic rings. The molecule has 3 N–H and O–H groups in total. The average molecular weight is 347 g/mol. The van der Waals surface area contributed by atoms with Gasteiger partial charge in [-0.15, -0.1) is 0 Å². The third-order valence-corrected chi connectivity index (χ3v) is 4.64. The molecule has 0 radical (unpaired) electrons. The van der Waals surface area contributed by atoms with E-state index in [-0.39, 0.29) is 11.8 Å². The molecule has 1 saturated carbocycles. The Morgan fingerprint density at radius 2 is 1.72 bits per heavy atom. The number of likely N-dealkylation sites (N-methyl/N-ethyl adjacent to an activating group) is 1. The molecule has 0 saturated heterocycles. The molecule has 0 bridgehead atoms. The fourth-order valence-corrected chi connectivity index (χ4v) is 3.01. The number of hydrogen-bond acceptors (Lipinski definition) is 4. The summed E-state index contributed by atoms with van der Waals surface area (Å²) in [5.41, 5.74) is 0.510. The number of carbonyl (C=O) groups excluding carboxylic acids is 2. The van der Waals surface area contributed by atoms with Gasteiger partial charge in [0.15, 0.2) is 0 Å². The lowest BCUT2D eigenvalue weighted by molar-refractivity contribution is -0.140. The zero-order chi connectivity index (χ0) is 18.8. The SMILES string of the molecule is CN(C)CCNC(=O)c1ccc(NC(=O)C2C(C(=O)O)C2(C)C)cc1. The van der Waals surface area contributed by atoms with E-state index < -0.39 is 23.2 Å². The van der Waals surface area contributed by atoms with Crippen LogP contribution in [0.5, 0.6) is 0 Å². The fourth-order valence-electron chi connectivity index (χ4n) is 3.01. The Hall–Kier alpha value is -2.41. The van der Waals surface area contributed by atoms with Crippen molar-refractivity contribution in [1.29, 1.82) is 0 Å². The van der Waals surface area contributed by atoms with Gasteiger partial charge < -0.3 is 20.6 Å². The smallest absolute Gasteiger partial charge is 0.307 e. The van der Waals surface area contributed by atoms with E-state index in [9.17, 15) is 14.4 Å². The van der Waals surface area contributed by atoms with Crippen LogP contribution < -0.4 is 10.6 Å². The van der Waals surface area contributed by atoms with Crippen molar-refractivity contribution in [2.24, 2.45) is 17.3 Å². The molecule has 0 aliphatic heterocycles. The Morgan fingerprint density at radius 3 is 2.20 bits per heavy atom. The number of aliphatic carboxylic acids is 1. The number of carboxylic acid groups (broad SMARTS) is 1. The lowest BCUT2D eigenvalue weighted by atomic mass is 10.1. The van der Waals surface area contributed by atoms with Gasteiger partial charge in [-0.25, -0.2) is 0 Å². The maximum atomic E-state index is 12.3. The van der Waals surface area contributed by atoms with Gasteiger partial charge in [-0.2, -0.15) is 0 Å². The minimum atomic E-state index is -0.949. The second-order valence-corrected chi connectivity index (χ2v) is 7.24. The average Bonchev–Trinajstić information content (AvgIpc) is 3.10. The van der Waals surface area contributed by atoms with Crippen molar-refractivity contribution in [3.63, 3.8) is 0 Å². The van der Waals surface area contributed by atoms with Crippen molar-refractivity contribution < 1.29 is 19.5 Å². The van der Waals surface area contributed by atoms with Gasteiger partial charge in [-0.1, -0.05) is 13.8 Å². The standard InChI is InChI=1S/C18H25N3O4/c1-18(2)13(14(18)17(24)25)16(23)20-12-7-5-11(6-8-12)15(22)19-9-10-21(3)4/h5-8,13-14H,9-10H2,1-4H3,(H,19,22)(H,20,23)(H,24,25). The van der Waals surface area contributed by atoms with E-state index in [0.717, 1.165) is 6.54 Å². The predicted molar refractivity (Wildman–Crippen MR) is 94.4 cm³/mol. The number of hydrogen-bond donors (Lipinski definition) is 3. The van der Waals surface area contributed by atoms with Crippen LogP contribution in [0.15, 0.2) is 24.3 Å². The third kappa shape index (κ3) is 4.36. The summed E-state index contributed by atoms with van der Waals surface area (Å²) < 4.78 is 0. The Balaban J connectivity index is 1.91. The van der Waals surface area contributed by atoms with E-state index in [1.54, 1.807) is 38.1 Å². The third-order valence-electron chi connectivity index (χ3n) is 4.64. The number of nitrogens with one attached hydrogen (secondary N) is 2. The predicted octanol–water partition coefficient (Wildman–Crippen LogP) is 1.27. The summed E-state index contributed by atoms with van der Waals surface area (Å²) in [6.07, 6.45) is 0. The number of carboxylic acids is 1. The summed E-state index contributed by atoms with van der Waals surface area (Å²) >= 11 is 0. The molecule has 0 aromatic heterocycles. The molecule has 1 fully saturated rings. The first-order valence-electron chi connectivity index (χ1n) is 8.21. The highest BCUT2D eigenvalue weighted by Gasteiger charge is 2.65. The summed E-state index contributed by atoms with van der Waals surface area (Å²) in [5.74, 6) is -2.63. The van der Waals surface area contributed by atoms with Gasteiger partial charge in [-0.05, 0) is 43.8 Å². The second kappa shape index (κ2) is 7.23. The van der Waals surface area contributed by atoms with Gasteiger partial charge in [0.05, 0.1) is 11.8 Å².